The number of carbonyl (C=O) groups excluding carboxylic acids is 2. The van der Waals surface area contributed by atoms with E-state index in [1.165, 1.54) is 12.0 Å². The maximum Gasteiger partial charge on any atom is 0.246 e. The van der Waals surface area contributed by atoms with Crippen LogP contribution in [0.15, 0.2) is 16.2 Å². The lowest BCUT2D eigenvalue weighted by molar-refractivity contribution is -0.141. The third kappa shape index (κ3) is 2.64. The van der Waals surface area contributed by atoms with Crippen LogP contribution in [0.4, 0.5) is 0 Å². The Labute approximate surface area is 134 Å². The molecule has 7 nitrogen and oxygen atoms in total. The van der Waals surface area contributed by atoms with Crippen molar-refractivity contribution >= 4 is 11.8 Å². The first-order valence-corrected chi connectivity index (χ1v) is 8.18. The fourth-order valence-corrected chi connectivity index (χ4v) is 3.35. The topological polar surface area (TPSA) is 79.5 Å². The van der Waals surface area contributed by atoms with E-state index in [9.17, 15) is 9.59 Å². The van der Waals surface area contributed by atoms with Gasteiger partial charge in [0.1, 0.15) is 0 Å². The molecule has 1 aromatic heterocycles. The molecule has 0 bridgehead atoms. The Morgan fingerprint density at radius 1 is 1.30 bits per heavy atom. The summed E-state index contributed by atoms with van der Waals surface area (Å²) in [5.74, 6) is 1.31. The minimum atomic E-state index is -0.0226. The lowest BCUT2D eigenvalue weighted by atomic mass is 9.92. The molecule has 2 amide bonds. The first-order valence-electron chi connectivity index (χ1n) is 8.18. The van der Waals surface area contributed by atoms with E-state index >= 15 is 0 Å². The number of allylic oxidation sites excluding steroid dienone is 1. The molecule has 0 radical (unpaired) electrons. The van der Waals surface area contributed by atoms with Gasteiger partial charge in [-0.05, 0) is 26.2 Å². The van der Waals surface area contributed by atoms with Crippen LogP contribution in [-0.4, -0.2) is 57.4 Å². The van der Waals surface area contributed by atoms with Gasteiger partial charge in [0.05, 0.1) is 12.0 Å². The number of rotatable bonds is 3. The van der Waals surface area contributed by atoms with E-state index in [1.807, 2.05) is 9.80 Å². The van der Waals surface area contributed by atoms with Crippen molar-refractivity contribution in [2.45, 2.75) is 44.6 Å². The zero-order chi connectivity index (χ0) is 16.0. The van der Waals surface area contributed by atoms with Gasteiger partial charge < -0.3 is 14.3 Å². The Hall–Kier alpha value is -2.18. The van der Waals surface area contributed by atoms with Crippen LogP contribution in [-0.2, 0) is 9.59 Å². The molecule has 3 heterocycles. The Morgan fingerprint density at radius 3 is 2.70 bits per heavy atom. The number of hydrogen-bond acceptors (Lipinski definition) is 5. The number of hydrogen-bond donors (Lipinski definition) is 0. The molecule has 2 aliphatic heterocycles. The number of aromatic nitrogens is 2. The predicted octanol–water partition coefficient (Wildman–Crippen LogP) is 1.02. The minimum absolute atomic E-state index is 0.0226. The summed E-state index contributed by atoms with van der Waals surface area (Å²) in [7, 11) is 0. The van der Waals surface area contributed by atoms with E-state index in [0.29, 0.717) is 37.8 Å². The van der Waals surface area contributed by atoms with Crippen LogP contribution in [0.25, 0.3) is 0 Å². The van der Waals surface area contributed by atoms with E-state index in [0.717, 1.165) is 12.8 Å². The van der Waals surface area contributed by atoms with E-state index in [1.54, 1.807) is 13.0 Å². The second-order valence-electron chi connectivity index (χ2n) is 6.68. The Bertz CT molecular complexity index is 669. The molecule has 2 saturated heterocycles. The second kappa shape index (κ2) is 5.47. The Morgan fingerprint density at radius 2 is 2.09 bits per heavy atom. The molecule has 122 valence electrons. The van der Waals surface area contributed by atoms with Crippen molar-refractivity contribution in [1.29, 1.82) is 0 Å². The lowest BCUT2D eigenvalue weighted by Gasteiger charge is -2.43. The van der Waals surface area contributed by atoms with Crippen molar-refractivity contribution in [1.82, 2.24) is 19.9 Å². The molecule has 0 aromatic carbocycles. The third-order valence-corrected chi connectivity index (χ3v) is 4.99. The quantitative estimate of drug-likeness (QED) is 0.778. The average molecular weight is 316 g/mol. The molecule has 1 unspecified atom stereocenters. The highest BCUT2D eigenvalue weighted by Crippen LogP contribution is 2.31. The molecule has 0 N–H and O–H groups in total. The maximum absolute atomic E-state index is 12.2. The zero-order valence-electron chi connectivity index (χ0n) is 13.2. The fourth-order valence-electron chi connectivity index (χ4n) is 3.35. The molecule has 3 fully saturated rings. The van der Waals surface area contributed by atoms with Gasteiger partial charge in [-0.15, -0.1) is 0 Å². The van der Waals surface area contributed by atoms with E-state index in [-0.39, 0.29) is 23.8 Å². The lowest BCUT2D eigenvalue weighted by Crippen LogP contribution is -2.61. The van der Waals surface area contributed by atoms with Crippen molar-refractivity contribution in [3.8, 4) is 0 Å². The minimum Gasteiger partial charge on any atom is -0.339 e. The second-order valence-corrected chi connectivity index (χ2v) is 6.68. The van der Waals surface area contributed by atoms with Gasteiger partial charge in [-0.2, -0.15) is 4.98 Å². The standard InChI is InChI=1S/C16H20N4O3/c1-10-17-16(23-18-10)12-6-15(22)20(7-12)13-8-19(9-13)14(21)5-11-3-2-4-11/h5,12-13H,2-4,6-9H2,1H3. The van der Waals surface area contributed by atoms with Gasteiger partial charge in [0, 0.05) is 32.1 Å². The number of aryl methyl sites for hydroxylation is 1. The molecule has 4 rings (SSSR count). The molecule has 7 heteroatoms. The van der Waals surface area contributed by atoms with Gasteiger partial charge in [-0.25, -0.2) is 0 Å². The SMILES string of the molecule is Cc1noc(C2CC(=O)N(C3CN(C(=O)C=C4CCC4)C3)C2)n1. The first kappa shape index (κ1) is 14.4. The van der Waals surface area contributed by atoms with Gasteiger partial charge in [0.15, 0.2) is 5.82 Å². The number of amides is 2. The van der Waals surface area contributed by atoms with E-state index in [4.69, 9.17) is 4.52 Å². The molecular formula is C16H20N4O3. The Balaban J connectivity index is 1.33. The first-order chi connectivity index (χ1) is 11.1. The smallest absolute Gasteiger partial charge is 0.246 e. The third-order valence-electron chi connectivity index (χ3n) is 4.99. The summed E-state index contributed by atoms with van der Waals surface area (Å²) in [6.07, 6.45) is 5.49. The van der Waals surface area contributed by atoms with Crippen molar-refractivity contribution in [2.75, 3.05) is 19.6 Å². The average Bonchev–Trinajstić information content (AvgIpc) is 2.99. The molecule has 23 heavy (non-hydrogen) atoms. The van der Waals surface area contributed by atoms with Crippen LogP contribution < -0.4 is 0 Å². The van der Waals surface area contributed by atoms with Crippen LogP contribution >= 0.6 is 0 Å². The van der Waals surface area contributed by atoms with Crippen molar-refractivity contribution in [2.24, 2.45) is 0 Å². The Kier molecular flexibility index (Phi) is 3.43. The molecule has 3 aliphatic rings. The van der Waals surface area contributed by atoms with E-state index < -0.39 is 0 Å². The molecule has 1 aromatic rings. The molecule has 1 atom stereocenters. The van der Waals surface area contributed by atoms with Gasteiger partial charge in [-0.1, -0.05) is 10.7 Å². The zero-order valence-corrected chi connectivity index (χ0v) is 13.2. The summed E-state index contributed by atoms with van der Waals surface area (Å²) >= 11 is 0. The summed E-state index contributed by atoms with van der Waals surface area (Å²) in [4.78, 5) is 32.2. The monoisotopic (exact) mass is 316 g/mol. The summed E-state index contributed by atoms with van der Waals surface area (Å²) in [6, 6.07) is 0.125. The highest BCUT2D eigenvalue weighted by atomic mass is 16.5. The summed E-state index contributed by atoms with van der Waals surface area (Å²) in [6.45, 7) is 3.63. The predicted molar refractivity (Wildman–Crippen MR) is 80.4 cm³/mol. The highest BCUT2D eigenvalue weighted by molar-refractivity contribution is 5.89. The summed E-state index contributed by atoms with van der Waals surface area (Å²) in [5, 5.41) is 3.79. The van der Waals surface area contributed by atoms with Gasteiger partial charge in [0.2, 0.25) is 17.7 Å². The summed E-state index contributed by atoms with van der Waals surface area (Å²) in [5.41, 5.74) is 1.25. The fraction of sp³-hybridized carbons (Fsp3) is 0.625. The van der Waals surface area contributed by atoms with E-state index in [2.05, 4.69) is 10.1 Å². The highest BCUT2D eigenvalue weighted by Gasteiger charge is 2.43. The molecule has 1 aliphatic carbocycles. The van der Waals surface area contributed by atoms with Crippen LogP contribution in [0.2, 0.25) is 0 Å². The van der Waals surface area contributed by atoms with Gasteiger partial charge >= 0.3 is 0 Å². The molecular weight excluding hydrogens is 296 g/mol. The van der Waals surface area contributed by atoms with Crippen LogP contribution in [0.3, 0.4) is 0 Å². The normalized spacial score (nSPS) is 24.7. The largest absolute Gasteiger partial charge is 0.339 e. The number of likely N-dealkylation sites (tertiary alicyclic amines) is 2. The van der Waals surface area contributed by atoms with Crippen molar-refractivity contribution < 1.29 is 14.1 Å². The summed E-state index contributed by atoms with van der Waals surface area (Å²) < 4.78 is 5.19. The molecule has 1 saturated carbocycles. The van der Waals surface area contributed by atoms with Crippen molar-refractivity contribution in [3.05, 3.63) is 23.4 Å². The van der Waals surface area contributed by atoms with Gasteiger partial charge in [0.25, 0.3) is 0 Å². The van der Waals surface area contributed by atoms with Crippen LogP contribution in [0.5, 0.6) is 0 Å². The van der Waals surface area contributed by atoms with Crippen molar-refractivity contribution in [3.63, 3.8) is 0 Å². The van der Waals surface area contributed by atoms with Gasteiger partial charge in [-0.3, -0.25) is 9.59 Å². The van der Waals surface area contributed by atoms with Crippen LogP contribution in [0, 0.1) is 6.92 Å². The number of nitrogens with zero attached hydrogens (tertiary/aromatic N) is 4. The molecule has 0 spiro atoms. The number of carbonyl (C=O) groups is 2. The van der Waals surface area contributed by atoms with Crippen LogP contribution in [0.1, 0.15) is 43.3 Å². The maximum atomic E-state index is 12.2.